The Morgan fingerprint density at radius 2 is 1.91 bits per heavy atom. The molecule has 1 aliphatic carbocycles. The van der Waals surface area contributed by atoms with Crippen LogP contribution in [0.15, 0.2) is 60.9 Å². The zero-order valence-corrected chi connectivity index (χ0v) is 26.1. The summed E-state index contributed by atoms with van der Waals surface area (Å²) in [4.78, 5) is 21.2. The lowest BCUT2D eigenvalue weighted by Gasteiger charge is -2.52. The van der Waals surface area contributed by atoms with Gasteiger partial charge in [-0.15, -0.1) is 0 Å². The molecule has 238 valence electrons. The van der Waals surface area contributed by atoms with E-state index in [2.05, 4.69) is 25.8 Å². The highest BCUT2D eigenvalue weighted by atomic mass is 19.1. The molecule has 3 heterocycles. The van der Waals surface area contributed by atoms with Gasteiger partial charge in [0.05, 0.1) is 24.7 Å². The average molecular weight is 617 g/mol. The molecule has 3 aromatic rings. The van der Waals surface area contributed by atoms with Crippen molar-refractivity contribution in [3.63, 3.8) is 0 Å². The van der Waals surface area contributed by atoms with Gasteiger partial charge in [0.1, 0.15) is 17.7 Å². The molecule has 1 unspecified atom stereocenters. The van der Waals surface area contributed by atoms with Crippen LogP contribution in [0.5, 0.6) is 0 Å². The van der Waals surface area contributed by atoms with Gasteiger partial charge in [0, 0.05) is 49.6 Å². The summed E-state index contributed by atoms with van der Waals surface area (Å²) in [5, 5.41) is 11.7. The van der Waals surface area contributed by atoms with Crippen LogP contribution in [0, 0.1) is 35.9 Å². The fraction of sp³-hybridized carbons (Fsp3) is 0.514. The summed E-state index contributed by atoms with van der Waals surface area (Å²) in [5.41, 5.74) is 0.624. The molecular formula is C35H42F2N6O2. The molecule has 10 heteroatoms. The van der Waals surface area contributed by atoms with E-state index in [1.165, 1.54) is 6.07 Å². The second kappa shape index (κ2) is 12.8. The van der Waals surface area contributed by atoms with Gasteiger partial charge in [0.15, 0.2) is 5.67 Å². The van der Waals surface area contributed by atoms with E-state index in [0.29, 0.717) is 31.7 Å². The molecular weight excluding hydrogens is 574 g/mol. The Morgan fingerprint density at radius 3 is 2.56 bits per heavy atom. The Kier molecular flexibility index (Phi) is 8.82. The second-order valence-electron chi connectivity index (χ2n) is 13.1. The molecule has 2 aromatic carbocycles. The number of likely N-dealkylation sites (tertiary alicyclic amines) is 1. The number of ether oxygens (including phenoxy) is 1. The maximum Gasteiger partial charge on any atom is 0.407 e. The number of aromatic nitrogens is 2. The van der Waals surface area contributed by atoms with Crippen molar-refractivity contribution in [1.29, 1.82) is 5.26 Å². The number of nitrogens with zero attached hydrogens (tertiary/aromatic N) is 5. The van der Waals surface area contributed by atoms with Gasteiger partial charge < -0.3 is 19.5 Å². The summed E-state index contributed by atoms with van der Waals surface area (Å²) in [5.74, 6) is 0.735. The fourth-order valence-electron chi connectivity index (χ4n) is 8.25. The van der Waals surface area contributed by atoms with Crippen LogP contribution in [-0.2, 0) is 16.7 Å². The maximum atomic E-state index is 15.9. The molecule has 3 fully saturated rings. The molecule has 2 saturated heterocycles. The number of alkyl carbamates (subject to hydrolysis) is 1. The highest BCUT2D eigenvalue weighted by molar-refractivity contribution is 5.67. The number of imidazole rings is 1. The minimum absolute atomic E-state index is 0.0184. The number of nitrogens with one attached hydrogen (secondary N) is 1. The number of benzene rings is 2. The first kappa shape index (κ1) is 31.0. The van der Waals surface area contributed by atoms with Crippen LogP contribution in [0.1, 0.15) is 49.1 Å². The van der Waals surface area contributed by atoms with E-state index in [9.17, 15) is 9.18 Å². The molecule has 1 saturated carbocycles. The summed E-state index contributed by atoms with van der Waals surface area (Å²) in [6, 6.07) is 16.4. The van der Waals surface area contributed by atoms with E-state index >= 15 is 4.39 Å². The molecule has 0 radical (unpaired) electrons. The van der Waals surface area contributed by atoms with E-state index in [1.54, 1.807) is 37.5 Å². The van der Waals surface area contributed by atoms with Gasteiger partial charge in [-0.3, -0.25) is 4.90 Å². The topological polar surface area (TPSA) is 86.4 Å². The lowest BCUT2D eigenvalue weighted by molar-refractivity contribution is -0.00703. The first-order valence-corrected chi connectivity index (χ1v) is 16.0. The molecule has 1 aromatic heterocycles. The molecule has 0 spiro atoms. The number of amides is 1. The quantitative estimate of drug-likeness (QED) is 0.337. The van der Waals surface area contributed by atoms with Crippen molar-refractivity contribution in [2.75, 3.05) is 44.7 Å². The Hall–Kier alpha value is -3.97. The first-order valence-electron chi connectivity index (χ1n) is 16.0. The van der Waals surface area contributed by atoms with Crippen molar-refractivity contribution >= 4 is 11.8 Å². The third-order valence-electron chi connectivity index (χ3n) is 10.4. The largest absolute Gasteiger partial charge is 0.446 e. The van der Waals surface area contributed by atoms with Gasteiger partial charge in [-0.25, -0.2) is 18.6 Å². The fourth-order valence-corrected chi connectivity index (χ4v) is 8.25. The molecule has 1 N–H and O–H groups in total. The van der Waals surface area contributed by atoms with Crippen LogP contribution in [0.3, 0.4) is 0 Å². The third-order valence-corrected chi connectivity index (χ3v) is 10.4. The Labute approximate surface area is 264 Å². The van der Waals surface area contributed by atoms with Crippen molar-refractivity contribution in [3.05, 3.63) is 83.7 Å². The summed E-state index contributed by atoms with van der Waals surface area (Å²) in [7, 11) is 1.57. The molecule has 8 nitrogen and oxygen atoms in total. The monoisotopic (exact) mass is 616 g/mol. The van der Waals surface area contributed by atoms with Crippen molar-refractivity contribution in [2.45, 2.75) is 62.8 Å². The van der Waals surface area contributed by atoms with Crippen LogP contribution in [0.25, 0.3) is 0 Å². The van der Waals surface area contributed by atoms with Crippen molar-refractivity contribution < 1.29 is 18.3 Å². The number of piperidine rings is 1. The zero-order chi connectivity index (χ0) is 31.6. The number of halogens is 2. The van der Waals surface area contributed by atoms with Crippen molar-refractivity contribution in [2.24, 2.45) is 11.8 Å². The molecule has 0 bridgehead atoms. The summed E-state index contributed by atoms with van der Waals surface area (Å²) in [6.45, 7) is 5.07. The predicted molar refractivity (Wildman–Crippen MR) is 168 cm³/mol. The normalized spacial score (nSPS) is 23.1. The standard InChI is InChI=1S/C35H42F2N6O2/c1-25-40-15-18-42(25)24-35(28-5-3-6-29(36)19-28,31-7-4-8-32(31)45-33(44)39-2)27-13-16-41(17-14-27)21-34(37)22-43(23-34)30-11-9-26(20-38)10-12-30/h3,5-6,9-12,15,18-19,27,31-32H,4,7-8,13-14,16-17,21-24H2,1-2H3,(H,39,44)/t31-,32-,35?/m0/s1. The van der Waals surface area contributed by atoms with E-state index < -0.39 is 17.2 Å². The number of aryl methyl sites for hydroxylation is 1. The summed E-state index contributed by atoms with van der Waals surface area (Å²) in [6.07, 6.45) is 7.22. The van der Waals surface area contributed by atoms with Gasteiger partial charge >= 0.3 is 6.09 Å². The van der Waals surface area contributed by atoms with Crippen LogP contribution in [0.4, 0.5) is 19.3 Å². The van der Waals surface area contributed by atoms with E-state index in [4.69, 9.17) is 10.00 Å². The number of carbonyl (C=O) groups excluding carboxylic acids is 1. The molecule has 6 rings (SSSR count). The zero-order valence-electron chi connectivity index (χ0n) is 26.1. The van der Waals surface area contributed by atoms with E-state index in [-0.39, 0.29) is 23.8 Å². The second-order valence-corrected chi connectivity index (χ2v) is 13.1. The number of nitriles is 1. The third kappa shape index (κ3) is 6.28. The number of carbonyl (C=O) groups is 1. The molecule has 3 atom stereocenters. The molecule has 1 amide bonds. The Bertz CT molecular complexity index is 1520. The highest BCUT2D eigenvalue weighted by Gasteiger charge is 2.54. The number of hydrogen-bond acceptors (Lipinski definition) is 6. The maximum absolute atomic E-state index is 15.9. The molecule has 2 aliphatic heterocycles. The Morgan fingerprint density at radius 1 is 1.16 bits per heavy atom. The van der Waals surface area contributed by atoms with Crippen LogP contribution in [0.2, 0.25) is 0 Å². The number of alkyl halides is 1. The van der Waals surface area contributed by atoms with Gasteiger partial charge in [-0.05, 0) is 100.0 Å². The Balaban J connectivity index is 1.24. The van der Waals surface area contributed by atoms with E-state index in [0.717, 1.165) is 62.3 Å². The van der Waals surface area contributed by atoms with Gasteiger partial charge in [-0.2, -0.15) is 5.26 Å². The molecule has 3 aliphatic rings. The van der Waals surface area contributed by atoms with Crippen molar-refractivity contribution in [3.8, 4) is 6.07 Å². The first-order chi connectivity index (χ1) is 21.7. The number of rotatable bonds is 9. The number of anilines is 1. The minimum atomic E-state index is -1.30. The summed E-state index contributed by atoms with van der Waals surface area (Å²) >= 11 is 0. The van der Waals surface area contributed by atoms with Crippen LogP contribution >= 0.6 is 0 Å². The SMILES string of the molecule is CNC(=O)O[C@H]1CCC[C@@H]1C(Cn1ccnc1C)(c1cccc(F)c1)C1CCN(CC2(F)CN(c3ccc(C#N)cc3)C2)CC1. The lowest BCUT2D eigenvalue weighted by atomic mass is 9.58. The highest BCUT2D eigenvalue weighted by Crippen LogP contribution is 2.52. The number of hydrogen-bond donors (Lipinski definition) is 1. The van der Waals surface area contributed by atoms with Crippen molar-refractivity contribution in [1.82, 2.24) is 19.8 Å². The smallest absolute Gasteiger partial charge is 0.407 e. The van der Waals surface area contributed by atoms with Gasteiger partial charge in [-0.1, -0.05) is 12.1 Å². The summed E-state index contributed by atoms with van der Waals surface area (Å²) < 4.78 is 39.0. The van der Waals surface area contributed by atoms with Gasteiger partial charge in [0.2, 0.25) is 0 Å². The van der Waals surface area contributed by atoms with Crippen LogP contribution in [-0.4, -0.2) is 72.1 Å². The molecule has 45 heavy (non-hydrogen) atoms. The predicted octanol–water partition coefficient (Wildman–Crippen LogP) is 5.61. The van der Waals surface area contributed by atoms with E-state index in [1.807, 2.05) is 36.2 Å². The lowest BCUT2D eigenvalue weighted by Crippen LogP contribution is -2.64. The average Bonchev–Trinajstić information content (AvgIpc) is 3.67. The van der Waals surface area contributed by atoms with Crippen LogP contribution < -0.4 is 10.2 Å². The minimum Gasteiger partial charge on any atom is -0.446 e. The van der Waals surface area contributed by atoms with Gasteiger partial charge in [0.25, 0.3) is 0 Å².